The van der Waals surface area contributed by atoms with Gasteiger partial charge in [0.1, 0.15) is 5.56 Å². The molecule has 0 saturated heterocycles. The molecule has 0 aliphatic heterocycles. The van der Waals surface area contributed by atoms with Gasteiger partial charge in [-0.3, -0.25) is 0 Å². The van der Waals surface area contributed by atoms with Gasteiger partial charge >= 0.3 is 5.97 Å². The average molecular weight is 241 g/mol. The van der Waals surface area contributed by atoms with Gasteiger partial charge in [-0.25, -0.2) is 4.79 Å². The number of carbonyl (C=O) groups is 1. The van der Waals surface area contributed by atoms with Crippen LogP contribution in [0.2, 0.25) is 0 Å². The molecule has 3 N–H and O–H groups in total. The minimum absolute atomic E-state index is 0. The lowest BCUT2D eigenvalue weighted by Gasteiger charge is -2.06. The quantitative estimate of drug-likeness (QED) is 0.669. The lowest BCUT2D eigenvalue weighted by Crippen LogP contribution is -1.98. The van der Waals surface area contributed by atoms with Gasteiger partial charge in [-0.2, -0.15) is 0 Å². The Morgan fingerprint density at radius 3 is 2.38 bits per heavy atom. The molecule has 2 rings (SSSR count). The average Bonchev–Trinajstić information content (AvgIpc) is 2.19. The Morgan fingerprint density at radius 1 is 1.12 bits per heavy atom. The van der Waals surface area contributed by atoms with Crippen molar-refractivity contribution >= 4 is 29.1 Å². The van der Waals surface area contributed by atoms with Gasteiger partial charge in [0.05, 0.1) is 0 Å². The molecule has 0 radical (unpaired) electrons. The highest BCUT2D eigenvalue weighted by Crippen LogP contribution is 2.35. The van der Waals surface area contributed by atoms with E-state index in [1.165, 1.54) is 6.07 Å². The number of phenolic OH excluding ortho intramolecular Hbond substituents is 1. The highest BCUT2D eigenvalue weighted by atomic mass is 35.5. The topological polar surface area (TPSA) is 77.8 Å². The van der Waals surface area contributed by atoms with Crippen molar-refractivity contribution in [3.8, 4) is 11.5 Å². The standard InChI is InChI=1S/C11H8O4.ClH/c12-8-5-6-3-1-2-4-7(6)9(10(8)13)11(14)15;/h1-5,12-13H,(H,14,15);1H. The molecular weight excluding hydrogens is 232 g/mol. The second-order valence-electron chi connectivity index (χ2n) is 3.15. The van der Waals surface area contributed by atoms with Gasteiger partial charge < -0.3 is 15.3 Å². The van der Waals surface area contributed by atoms with Crippen LogP contribution in [0.25, 0.3) is 10.8 Å². The van der Waals surface area contributed by atoms with Crippen LogP contribution in [0.3, 0.4) is 0 Å². The normalized spacial score (nSPS) is 9.75. The maximum absolute atomic E-state index is 10.9. The number of aromatic carboxylic acids is 1. The number of carboxylic acid groups (broad SMARTS) is 1. The van der Waals surface area contributed by atoms with E-state index >= 15 is 0 Å². The molecule has 2 aromatic carbocycles. The first-order valence-electron chi connectivity index (χ1n) is 4.28. The molecule has 0 spiro atoms. The molecule has 0 heterocycles. The van der Waals surface area contributed by atoms with Gasteiger partial charge in [-0.1, -0.05) is 24.3 Å². The Kier molecular flexibility index (Phi) is 3.25. The Hall–Kier alpha value is -1.94. The number of halogens is 1. The summed E-state index contributed by atoms with van der Waals surface area (Å²) in [7, 11) is 0. The molecule has 16 heavy (non-hydrogen) atoms. The molecular formula is C11H9ClO4. The number of hydrogen-bond donors (Lipinski definition) is 3. The second-order valence-corrected chi connectivity index (χ2v) is 3.15. The first-order chi connectivity index (χ1) is 7.11. The number of phenols is 2. The number of benzene rings is 2. The van der Waals surface area contributed by atoms with Crippen LogP contribution >= 0.6 is 12.4 Å². The molecule has 0 atom stereocenters. The van der Waals surface area contributed by atoms with E-state index < -0.39 is 17.5 Å². The van der Waals surface area contributed by atoms with Crippen molar-refractivity contribution < 1.29 is 20.1 Å². The van der Waals surface area contributed by atoms with Gasteiger partial charge in [0, 0.05) is 5.39 Å². The first-order valence-corrected chi connectivity index (χ1v) is 4.28. The summed E-state index contributed by atoms with van der Waals surface area (Å²) in [4.78, 5) is 10.9. The summed E-state index contributed by atoms with van der Waals surface area (Å²) in [6.45, 7) is 0. The number of carboxylic acids is 1. The summed E-state index contributed by atoms with van der Waals surface area (Å²) in [5.41, 5.74) is -0.273. The SMILES string of the molecule is Cl.O=C(O)c1c(O)c(O)cc2ccccc12. The summed E-state index contributed by atoms with van der Waals surface area (Å²) in [6, 6.07) is 7.98. The van der Waals surface area contributed by atoms with Crippen molar-refractivity contribution in [3.63, 3.8) is 0 Å². The zero-order valence-corrected chi connectivity index (χ0v) is 8.86. The fraction of sp³-hybridized carbons (Fsp3) is 0. The molecule has 84 valence electrons. The molecule has 0 aliphatic carbocycles. The van der Waals surface area contributed by atoms with Crippen LogP contribution in [0.5, 0.6) is 11.5 Å². The lowest BCUT2D eigenvalue weighted by atomic mass is 10.0. The summed E-state index contributed by atoms with van der Waals surface area (Å²) < 4.78 is 0. The van der Waals surface area contributed by atoms with Crippen molar-refractivity contribution in [3.05, 3.63) is 35.9 Å². The number of fused-ring (bicyclic) bond motifs is 1. The van der Waals surface area contributed by atoms with Crippen LogP contribution in [-0.2, 0) is 0 Å². The molecule has 0 fully saturated rings. The monoisotopic (exact) mass is 240 g/mol. The van der Waals surface area contributed by atoms with E-state index in [1.807, 2.05) is 0 Å². The zero-order valence-electron chi connectivity index (χ0n) is 8.04. The molecule has 0 saturated carbocycles. The van der Waals surface area contributed by atoms with Gasteiger partial charge in [0.15, 0.2) is 11.5 Å². The number of hydrogen-bond acceptors (Lipinski definition) is 3. The Morgan fingerprint density at radius 2 is 1.75 bits per heavy atom. The van der Waals surface area contributed by atoms with Crippen LogP contribution in [-0.4, -0.2) is 21.3 Å². The fourth-order valence-electron chi connectivity index (χ4n) is 1.54. The van der Waals surface area contributed by atoms with E-state index in [9.17, 15) is 15.0 Å². The highest BCUT2D eigenvalue weighted by molar-refractivity contribution is 6.07. The van der Waals surface area contributed by atoms with E-state index in [1.54, 1.807) is 24.3 Å². The minimum Gasteiger partial charge on any atom is -0.504 e. The number of aromatic hydroxyl groups is 2. The predicted octanol–water partition coefficient (Wildman–Crippen LogP) is 2.37. The highest BCUT2D eigenvalue weighted by Gasteiger charge is 2.17. The Bertz CT molecular complexity index is 551. The van der Waals surface area contributed by atoms with E-state index in [-0.39, 0.29) is 18.0 Å². The van der Waals surface area contributed by atoms with E-state index in [0.29, 0.717) is 10.8 Å². The summed E-state index contributed by atoms with van der Waals surface area (Å²) in [5.74, 6) is -2.29. The first kappa shape index (κ1) is 12.1. The van der Waals surface area contributed by atoms with Crippen molar-refractivity contribution in [1.29, 1.82) is 0 Å². The summed E-state index contributed by atoms with van der Waals surface area (Å²) in [6.07, 6.45) is 0. The molecule has 5 heteroatoms. The maximum Gasteiger partial charge on any atom is 0.340 e. The largest absolute Gasteiger partial charge is 0.504 e. The molecule has 2 aromatic rings. The van der Waals surface area contributed by atoms with Crippen molar-refractivity contribution in [1.82, 2.24) is 0 Å². The molecule has 0 amide bonds. The number of rotatable bonds is 1. The lowest BCUT2D eigenvalue weighted by molar-refractivity contribution is 0.0695. The van der Waals surface area contributed by atoms with Crippen molar-refractivity contribution in [2.24, 2.45) is 0 Å². The fourth-order valence-corrected chi connectivity index (χ4v) is 1.54. The molecule has 0 aliphatic rings. The third-order valence-corrected chi connectivity index (χ3v) is 2.22. The van der Waals surface area contributed by atoms with Gasteiger partial charge in [-0.15, -0.1) is 12.4 Å². The van der Waals surface area contributed by atoms with Crippen LogP contribution in [0, 0.1) is 0 Å². The van der Waals surface area contributed by atoms with Gasteiger partial charge in [0.25, 0.3) is 0 Å². The van der Waals surface area contributed by atoms with Crippen molar-refractivity contribution in [2.45, 2.75) is 0 Å². The van der Waals surface area contributed by atoms with E-state index in [4.69, 9.17) is 5.11 Å². The van der Waals surface area contributed by atoms with Crippen LogP contribution in [0.1, 0.15) is 10.4 Å². The summed E-state index contributed by atoms with van der Waals surface area (Å²) >= 11 is 0. The molecule has 4 nitrogen and oxygen atoms in total. The van der Waals surface area contributed by atoms with E-state index in [0.717, 1.165) is 0 Å². The second kappa shape index (κ2) is 4.28. The molecule has 0 aromatic heterocycles. The van der Waals surface area contributed by atoms with Crippen LogP contribution < -0.4 is 0 Å². The van der Waals surface area contributed by atoms with Crippen molar-refractivity contribution in [2.75, 3.05) is 0 Å². The maximum atomic E-state index is 10.9. The van der Waals surface area contributed by atoms with E-state index in [2.05, 4.69) is 0 Å². The van der Waals surface area contributed by atoms with Crippen LogP contribution in [0.15, 0.2) is 30.3 Å². The van der Waals surface area contributed by atoms with Gasteiger partial charge in [-0.05, 0) is 11.5 Å². The minimum atomic E-state index is -1.26. The third kappa shape index (κ3) is 1.75. The molecule has 0 bridgehead atoms. The Labute approximate surface area is 97.2 Å². The smallest absolute Gasteiger partial charge is 0.340 e. The zero-order chi connectivity index (χ0) is 11.0. The van der Waals surface area contributed by atoms with Gasteiger partial charge in [0.2, 0.25) is 0 Å². The van der Waals surface area contributed by atoms with Crippen LogP contribution in [0.4, 0.5) is 0 Å². The summed E-state index contributed by atoms with van der Waals surface area (Å²) in [5, 5.41) is 28.7. The molecule has 0 unspecified atom stereocenters. The third-order valence-electron chi connectivity index (χ3n) is 2.22. The predicted molar refractivity (Wildman–Crippen MR) is 61.5 cm³/mol. The Balaban J connectivity index is 0.00000128.